The van der Waals surface area contributed by atoms with Crippen LogP contribution < -0.4 is 0 Å². The molecule has 1 N–H and O–H groups in total. The van der Waals surface area contributed by atoms with E-state index in [0.29, 0.717) is 10.6 Å². The zero-order chi connectivity index (χ0) is 13.3. The summed E-state index contributed by atoms with van der Waals surface area (Å²) in [7, 11) is 0. The van der Waals surface area contributed by atoms with E-state index in [4.69, 9.17) is 11.6 Å². The third-order valence-electron chi connectivity index (χ3n) is 2.90. The average Bonchev–Trinajstić information content (AvgIpc) is 2.31. The van der Waals surface area contributed by atoms with E-state index in [2.05, 4.69) is 0 Å². The van der Waals surface area contributed by atoms with E-state index in [-0.39, 0.29) is 5.56 Å². The van der Waals surface area contributed by atoms with Crippen LogP contribution in [0.25, 0.3) is 11.1 Å². The van der Waals surface area contributed by atoms with Crippen molar-refractivity contribution < 1.29 is 9.90 Å². The normalized spacial score (nSPS) is 10.4. The van der Waals surface area contributed by atoms with Gasteiger partial charge < -0.3 is 5.11 Å². The first-order valence-corrected chi connectivity index (χ1v) is 5.97. The van der Waals surface area contributed by atoms with E-state index in [9.17, 15) is 9.90 Å². The van der Waals surface area contributed by atoms with Crippen LogP contribution in [0.3, 0.4) is 0 Å². The maximum atomic E-state index is 11.3. The van der Waals surface area contributed by atoms with Crippen molar-refractivity contribution in [2.75, 3.05) is 0 Å². The molecule has 0 aliphatic heterocycles. The summed E-state index contributed by atoms with van der Waals surface area (Å²) >= 11 is 5.97. The number of hydrogen-bond donors (Lipinski definition) is 1. The second-order valence-corrected chi connectivity index (χ2v) is 4.75. The van der Waals surface area contributed by atoms with Crippen molar-refractivity contribution in [2.45, 2.75) is 13.8 Å². The van der Waals surface area contributed by atoms with Crippen LogP contribution in [0.2, 0.25) is 5.02 Å². The minimum Gasteiger partial charge on any atom is -0.478 e. The van der Waals surface area contributed by atoms with Gasteiger partial charge in [0.15, 0.2) is 0 Å². The SMILES string of the molecule is Cc1ccc(C)c(-c2cc(Cl)ccc2C(=O)O)c1. The Balaban J connectivity index is 2.73. The number of rotatable bonds is 2. The zero-order valence-electron chi connectivity index (χ0n) is 10.2. The number of carboxylic acid groups (broad SMARTS) is 1. The monoisotopic (exact) mass is 260 g/mol. The van der Waals surface area contributed by atoms with Crippen LogP contribution in [0.5, 0.6) is 0 Å². The topological polar surface area (TPSA) is 37.3 Å². The molecule has 0 aliphatic rings. The van der Waals surface area contributed by atoms with Gasteiger partial charge in [0.25, 0.3) is 0 Å². The maximum absolute atomic E-state index is 11.3. The first-order chi connectivity index (χ1) is 8.49. The molecule has 2 rings (SSSR count). The highest BCUT2D eigenvalue weighted by atomic mass is 35.5. The van der Waals surface area contributed by atoms with Crippen LogP contribution in [0.4, 0.5) is 0 Å². The first-order valence-electron chi connectivity index (χ1n) is 5.59. The van der Waals surface area contributed by atoms with Crippen molar-refractivity contribution in [2.24, 2.45) is 0 Å². The summed E-state index contributed by atoms with van der Waals surface area (Å²) in [6.45, 7) is 3.94. The fourth-order valence-corrected chi connectivity index (χ4v) is 2.12. The fraction of sp³-hybridized carbons (Fsp3) is 0.133. The van der Waals surface area contributed by atoms with Gasteiger partial charge in [0.2, 0.25) is 0 Å². The van der Waals surface area contributed by atoms with Gasteiger partial charge in [0, 0.05) is 5.02 Å². The Morgan fingerprint density at radius 1 is 1.06 bits per heavy atom. The molecule has 0 aliphatic carbocycles. The molecule has 0 saturated heterocycles. The summed E-state index contributed by atoms with van der Waals surface area (Å²) in [5.74, 6) is -0.942. The molecule has 0 spiro atoms. The molecule has 0 fully saturated rings. The van der Waals surface area contributed by atoms with Crippen molar-refractivity contribution in [3.63, 3.8) is 0 Å². The number of carboxylic acids is 1. The smallest absolute Gasteiger partial charge is 0.336 e. The summed E-state index contributed by atoms with van der Waals surface area (Å²) in [6, 6.07) is 10.8. The van der Waals surface area contributed by atoms with Gasteiger partial charge >= 0.3 is 5.97 Å². The summed E-state index contributed by atoms with van der Waals surface area (Å²) in [5.41, 5.74) is 3.97. The lowest BCUT2D eigenvalue weighted by molar-refractivity contribution is 0.0698. The number of aromatic carboxylic acids is 1. The minimum atomic E-state index is -0.942. The zero-order valence-corrected chi connectivity index (χ0v) is 11.0. The van der Waals surface area contributed by atoms with Crippen LogP contribution in [-0.2, 0) is 0 Å². The van der Waals surface area contributed by atoms with Gasteiger partial charge in [-0.1, -0.05) is 35.4 Å². The minimum absolute atomic E-state index is 0.271. The Morgan fingerprint density at radius 2 is 1.78 bits per heavy atom. The molecular weight excluding hydrogens is 248 g/mol. The average molecular weight is 261 g/mol. The van der Waals surface area contributed by atoms with E-state index in [1.54, 1.807) is 18.2 Å². The van der Waals surface area contributed by atoms with Gasteiger partial charge in [0.05, 0.1) is 5.56 Å². The van der Waals surface area contributed by atoms with Gasteiger partial charge in [0.1, 0.15) is 0 Å². The predicted octanol–water partition coefficient (Wildman–Crippen LogP) is 4.32. The number of hydrogen-bond acceptors (Lipinski definition) is 1. The summed E-state index contributed by atoms with van der Waals surface area (Å²) in [6.07, 6.45) is 0. The molecule has 0 heterocycles. The van der Waals surface area contributed by atoms with Crippen LogP contribution in [0.1, 0.15) is 21.5 Å². The van der Waals surface area contributed by atoms with Crippen LogP contribution in [0, 0.1) is 13.8 Å². The van der Waals surface area contributed by atoms with Gasteiger partial charge in [-0.05, 0) is 48.7 Å². The van der Waals surface area contributed by atoms with Crippen LogP contribution in [0.15, 0.2) is 36.4 Å². The second kappa shape index (κ2) is 4.83. The standard InChI is InChI=1S/C15H13ClO2/c1-9-3-4-10(2)13(7-9)14-8-11(16)5-6-12(14)15(17)18/h3-8H,1-2H3,(H,17,18). The van der Waals surface area contributed by atoms with Crippen molar-refractivity contribution in [1.82, 2.24) is 0 Å². The lowest BCUT2D eigenvalue weighted by Gasteiger charge is -2.11. The number of halogens is 1. The lowest BCUT2D eigenvalue weighted by atomic mass is 9.94. The summed E-state index contributed by atoms with van der Waals surface area (Å²) in [5, 5.41) is 9.77. The third kappa shape index (κ3) is 2.39. The van der Waals surface area contributed by atoms with E-state index in [1.807, 2.05) is 32.0 Å². The Bertz CT molecular complexity index is 618. The molecule has 0 unspecified atom stereocenters. The van der Waals surface area contributed by atoms with E-state index >= 15 is 0 Å². The molecule has 0 atom stereocenters. The fourth-order valence-electron chi connectivity index (χ4n) is 1.95. The van der Waals surface area contributed by atoms with Gasteiger partial charge in [-0.3, -0.25) is 0 Å². The maximum Gasteiger partial charge on any atom is 0.336 e. The van der Waals surface area contributed by atoms with E-state index < -0.39 is 5.97 Å². The summed E-state index contributed by atoms with van der Waals surface area (Å²) in [4.78, 5) is 11.3. The second-order valence-electron chi connectivity index (χ2n) is 4.31. The predicted molar refractivity (Wildman–Crippen MR) is 73.3 cm³/mol. The number of carbonyl (C=O) groups is 1. The van der Waals surface area contributed by atoms with E-state index in [0.717, 1.165) is 16.7 Å². The highest BCUT2D eigenvalue weighted by Crippen LogP contribution is 2.30. The van der Waals surface area contributed by atoms with Crippen LogP contribution >= 0.6 is 11.6 Å². The Morgan fingerprint density at radius 3 is 2.44 bits per heavy atom. The van der Waals surface area contributed by atoms with Crippen molar-refractivity contribution in [3.05, 3.63) is 58.1 Å². The molecule has 92 valence electrons. The molecule has 3 heteroatoms. The van der Waals surface area contributed by atoms with Gasteiger partial charge in [-0.15, -0.1) is 0 Å². The number of aryl methyl sites for hydroxylation is 2. The molecule has 0 saturated carbocycles. The van der Waals surface area contributed by atoms with Crippen molar-refractivity contribution >= 4 is 17.6 Å². The van der Waals surface area contributed by atoms with Crippen molar-refractivity contribution in [3.8, 4) is 11.1 Å². The quantitative estimate of drug-likeness (QED) is 0.873. The Kier molecular flexibility index (Phi) is 3.39. The molecule has 2 nitrogen and oxygen atoms in total. The molecule has 0 radical (unpaired) electrons. The molecule has 2 aromatic rings. The van der Waals surface area contributed by atoms with Crippen LogP contribution in [-0.4, -0.2) is 11.1 Å². The Hall–Kier alpha value is -1.80. The highest BCUT2D eigenvalue weighted by Gasteiger charge is 2.13. The molecule has 0 bridgehead atoms. The Labute approximate surface area is 111 Å². The van der Waals surface area contributed by atoms with Gasteiger partial charge in [-0.25, -0.2) is 4.79 Å². The third-order valence-corrected chi connectivity index (χ3v) is 3.13. The highest BCUT2D eigenvalue weighted by molar-refractivity contribution is 6.31. The lowest BCUT2D eigenvalue weighted by Crippen LogP contribution is -2.00. The molecule has 18 heavy (non-hydrogen) atoms. The molecule has 0 aromatic heterocycles. The molecule has 2 aromatic carbocycles. The summed E-state index contributed by atoms with van der Waals surface area (Å²) < 4.78 is 0. The largest absolute Gasteiger partial charge is 0.478 e. The molecular formula is C15H13ClO2. The molecule has 0 amide bonds. The van der Waals surface area contributed by atoms with Gasteiger partial charge in [-0.2, -0.15) is 0 Å². The van der Waals surface area contributed by atoms with Crippen molar-refractivity contribution in [1.29, 1.82) is 0 Å². The van der Waals surface area contributed by atoms with E-state index in [1.165, 1.54) is 0 Å². The first kappa shape index (κ1) is 12.7. The number of benzene rings is 2.